The van der Waals surface area contributed by atoms with Crippen LogP contribution in [0.15, 0.2) is 10.6 Å². The molecule has 0 aromatic carbocycles. The molecule has 0 saturated heterocycles. The first-order valence-electron chi connectivity index (χ1n) is 1.32. The van der Waals surface area contributed by atoms with Crippen LogP contribution in [0.25, 0.3) is 0 Å². The Kier molecular flexibility index (Phi) is 3.58. The van der Waals surface area contributed by atoms with E-state index in [9.17, 15) is 4.39 Å². The monoisotopic (exact) mass is 128 g/mol. The van der Waals surface area contributed by atoms with Gasteiger partial charge in [0.2, 0.25) is 0 Å². The van der Waals surface area contributed by atoms with Crippen LogP contribution in [0, 0.1) is 0 Å². The highest BCUT2D eigenvalue weighted by molar-refractivity contribution is 6.36. The summed E-state index contributed by atoms with van der Waals surface area (Å²) in [4.78, 5) is 0. The lowest BCUT2D eigenvalue weighted by Gasteiger charge is -1.76. The molecule has 0 aliphatic heterocycles. The maximum absolute atomic E-state index is 11.1. The first-order chi connectivity index (χ1) is 2.81. The van der Waals surface area contributed by atoms with Crippen molar-refractivity contribution in [1.82, 2.24) is 0 Å². The van der Waals surface area contributed by atoms with Gasteiger partial charge in [0.25, 0.3) is 0 Å². The number of halogens is 3. The van der Waals surface area contributed by atoms with Gasteiger partial charge in [-0.2, -0.15) is 0 Å². The SMILES string of the molecule is FC/C(Cl)=C/Cl. The van der Waals surface area contributed by atoms with Crippen molar-refractivity contribution in [3.8, 4) is 0 Å². The maximum atomic E-state index is 11.1. The second kappa shape index (κ2) is 3.44. The Balaban J connectivity index is 3.22. The molecule has 36 valence electrons. The molecule has 0 fully saturated rings. The normalized spacial score (nSPS) is 12.2. The molecular weight excluding hydrogens is 126 g/mol. The van der Waals surface area contributed by atoms with Gasteiger partial charge >= 0.3 is 0 Å². The lowest BCUT2D eigenvalue weighted by atomic mass is 10.7. The molecule has 0 aromatic heterocycles. The van der Waals surface area contributed by atoms with Crippen LogP contribution < -0.4 is 0 Å². The summed E-state index contributed by atoms with van der Waals surface area (Å²) >= 11 is 9.92. The Morgan fingerprint density at radius 3 is 2.33 bits per heavy atom. The van der Waals surface area contributed by atoms with Crippen LogP contribution in [0.3, 0.4) is 0 Å². The van der Waals surface area contributed by atoms with Crippen molar-refractivity contribution in [2.75, 3.05) is 6.67 Å². The number of alkyl halides is 1. The molecule has 3 heteroatoms. The van der Waals surface area contributed by atoms with Gasteiger partial charge in [-0.15, -0.1) is 0 Å². The van der Waals surface area contributed by atoms with Crippen LogP contribution in [-0.4, -0.2) is 6.67 Å². The lowest BCUT2D eigenvalue weighted by molar-refractivity contribution is 0.556. The third kappa shape index (κ3) is 2.49. The van der Waals surface area contributed by atoms with Crippen molar-refractivity contribution in [2.24, 2.45) is 0 Å². The fourth-order valence-electron chi connectivity index (χ4n) is 0.0292. The fraction of sp³-hybridized carbons (Fsp3) is 0.333. The molecule has 0 unspecified atom stereocenters. The van der Waals surface area contributed by atoms with Gasteiger partial charge in [0, 0.05) is 5.54 Å². The van der Waals surface area contributed by atoms with Crippen LogP contribution in [0.5, 0.6) is 0 Å². The summed E-state index contributed by atoms with van der Waals surface area (Å²) in [6.45, 7) is -0.676. The zero-order chi connectivity index (χ0) is 4.99. The van der Waals surface area contributed by atoms with E-state index in [0.717, 1.165) is 5.54 Å². The van der Waals surface area contributed by atoms with Gasteiger partial charge in [0.15, 0.2) is 0 Å². The van der Waals surface area contributed by atoms with Gasteiger partial charge in [0.05, 0.1) is 5.03 Å². The Labute approximate surface area is 45.6 Å². The van der Waals surface area contributed by atoms with Crippen molar-refractivity contribution in [1.29, 1.82) is 0 Å². The molecular formula is C3H3Cl2F. The van der Waals surface area contributed by atoms with Gasteiger partial charge in [-0.3, -0.25) is 0 Å². The van der Waals surface area contributed by atoms with E-state index in [4.69, 9.17) is 23.2 Å². The van der Waals surface area contributed by atoms with Gasteiger partial charge in [-0.05, 0) is 0 Å². The largest absolute Gasteiger partial charge is 0.245 e. The van der Waals surface area contributed by atoms with Gasteiger partial charge in [0.1, 0.15) is 6.67 Å². The van der Waals surface area contributed by atoms with Crippen LogP contribution in [0.2, 0.25) is 0 Å². The van der Waals surface area contributed by atoms with Crippen molar-refractivity contribution in [3.63, 3.8) is 0 Å². The first-order valence-corrected chi connectivity index (χ1v) is 2.13. The van der Waals surface area contributed by atoms with E-state index < -0.39 is 6.67 Å². The molecule has 0 spiro atoms. The molecule has 0 atom stereocenters. The number of rotatable bonds is 1. The van der Waals surface area contributed by atoms with Crippen LogP contribution in [0.4, 0.5) is 4.39 Å². The van der Waals surface area contributed by atoms with Crippen LogP contribution in [0.1, 0.15) is 0 Å². The van der Waals surface area contributed by atoms with E-state index in [-0.39, 0.29) is 5.03 Å². The van der Waals surface area contributed by atoms with E-state index in [2.05, 4.69) is 0 Å². The predicted octanol–water partition coefficient (Wildman–Crippen LogP) is 2.27. The molecule has 0 rings (SSSR count). The summed E-state index contributed by atoms with van der Waals surface area (Å²) in [7, 11) is 0. The number of allylic oxidation sites excluding steroid dienone is 1. The zero-order valence-corrected chi connectivity index (χ0v) is 4.43. The molecule has 0 nitrogen and oxygen atoms in total. The second-order valence-corrected chi connectivity index (χ2v) is 1.39. The van der Waals surface area contributed by atoms with Crippen molar-refractivity contribution >= 4 is 23.2 Å². The molecule has 0 aromatic rings. The third-order valence-electron chi connectivity index (χ3n) is 0.246. The predicted molar refractivity (Wildman–Crippen MR) is 25.8 cm³/mol. The molecule has 0 aliphatic rings. The summed E-state index contributed by atoms with van der Waals surface area (Å²) in [6, 6.07) is 0. The molecule has 0 radical (unpaired) electrons. The van der Waals surface area contributed by atoms with E-state index in [0.29, 0.717) is 0 Å². The average molecular weight is 129 g/mol. The lowest BCUT2D eigenvalue weighted by Crippen LogP contribution is -1.66. The summed E-state index contributed by atoms with van der Waals surface area (Å²) in [5.41, 5.74) is 1.00. The minimum atomic E-state index is -0.676. The van der Waals surface area contributed by atoms with E-state index in [1.165, 1.54) is 0 Å². The molecule has 0 amide bonds. The minimum absolute atomic E-state index is 0.0386. The zero-order valence-electron chi connectivity index (χ0n) is 2.92. The molecule has 0 aliphatic carbocycles. The van der Waals surface area contributed by atoms with Gasteiger partial charge < -0.3 is 0 Å². The Hall–Kier alpha value is 0.250. The standard InChI is InChI=1S/C3H3Cl2F/c4-1-3(5)2-6/h1H,2H2/b3-1-. The van der Waals surface area contributed by atoms with Crippen molar-refractivity contribution in [2.45, 2.75) is 0 Å². The Morgan fingerprint density at radius 1 is 1.83 bits per heavy atom. The van der Waals surface area contributed by atoms with Crippen LogP contribution in [-0.2, 0) is 0 Å². The molecule has 0 bridgehead atoms. The van der Waals surface area contributed by atoms with E-state index in [1.807, 2.05) is 0 Å². The summed E-state index contributed by atoms with van der Waals surface area (Å²) in [6.07, 6.45) is 0. The number of hydrogen-bond donors (Lipinski definition) is 0. The van der Waals surface area contributed by atoms with Crippen molar-refractivity contribution < 1.29 is 4.39 Å². The Morgan fingerprint density at radius 2 is 2.33 bits per heavy atom. The Bertz CT molecular complexity index is 59.8. The highest BCUT2D eigenvalue weighted by Crippen LogP contribution is 2.01. The minimum Gasteiger partial charge on any atom is -0.245 e. The average Bonchev–Trinajstić information content (AvgIpc) is 1.65. The summed E-state index contributed by atoms with van der Waals surface area (Å²) in [5, 5.41) is 0.0386. The fourth-order valence-corrected chi connectivity index (χ4v) is 0.0875. The first kappa shape index (κ1) is 6.25. The number of hydrogen-bond acceptors (Lipinski definition) is 0. The maximum Gasteiger partial charge on any atom is 0.126 e. The molecule has 6 heavy (non-hydrogen) atoms. The highest BCUT2D eigenvalue weighted by Gasteiger charge is 1.82. The van der Waals surface area contributed by atoms with Gasteiger partial charge in [-0.1, -0.05) is 23.2 Å². The van der Waals surface area contributed by atoms with Crippen molar-refractivity contribution in [3.05, 3.63) is 10.6 Å². The topological polar surface area (TPSA) is 0 Å². The van der Waals surface area contributed by atoms with Crippen LogP contribution >= 0.6 is 23.2 Å². The molecule has 0 N–H and O–H groups in total. The third-order valence-corrected chi connectivity index (χ3v) is 0.831. The summed E-state index contributed by atoms with van der Waals surface area (Å²) < 4.78 is 11.1. The van der Waals surface area contributed by atoms with Gasteiger partial charge in [-0.25, -0.2) is 4.39 Å². The van der Waals surface area contributed by atoms with E-state index in [1.54, 1.807) is 0 Å². The molecule has 0 saturated carbocycles. The smallest absolute Gasteiger partial charge is 0.126 e. The quantitative estimate of drug-likeness (QED) is 0.509. The molecule has 0 heterocycles. The second-order valence-electron chi connectivity index (χ2n) is 0.690. The summed E-state index contributed by atoms with van der Waals surface area (Å²) in [5.74, 6) is 0. The van der Waals surface area contributed by atoms with E-state index >= 15 is 0 Å². The highest BCUT2D eigenvalue weighted by atomic mass is 35.5.